The molecule has 2 atom stereocenters. The molecule has 0 fully saturated rings. The quantitative estimate of drug-likeness (QED) is 0.789. The molecule has 0 aromatic heterocycles. The highest BCUT2D eigenvalue weighted by Crippen LogP contribution is 2.32. The fourth-order valence-electron chi connectivity index (χ4n) is 1.29. The zero-order valence-corrected chi connectivity index (χ0v) is 9.33. The number of aromatic hydroxyl groups is 1. The summed E-state index contributed by atoms with van der Waals surface area (Å²) >= 11 is 5.61. The Balaban J connectivity index is 2.83. The van der Waals surface area contributed by atoms with Crippen molar-refractivity contribution in [1.82, 2.24) is 0 Å². The van der Waals surface area contributed by atoms with Crippen molar-refractivity contribution in [2.75, 3.05) is 0 Å². The molecule has 0 amide bonds. The molecular weight excluding hydrogens is 259 g/mol. The summed E-state index contributed by atoms with van der Waals surface area (Å²) in [5.41, 5.74) is 4.81. The summed E-state index contributed by atoms with van der Waals surface area (Å²) in [7, 11) is 0. The first kappa shape index (κ1) is 14.1. The zero-order chi connectivity index (χ0) is 13.2. The van der Waals surface area contributed by atoms with Crippen LogP contribution >= 0.6 is 11.6 Å². The van der Waals surface area contributed by atoms with Crippen molar-refractivity contribution < 1.29 is 23.4 Å². The van der Waals surface area contributed by atoms with Crippen LogP contribution in [0.3, 0.4) is 0 Å². The van der Waals surface area contributed by atoms with Gasteiger partial charge in [-0.2, -0.15) is 13.2 Å². The Morgan fingerprint density at radius 2 is 1.94 bits per heavy atom. The van der Waals surface area contributed by atoms with Crippen molar-refractivity contribution in [3.63, 3.8) is 0 Å². The van der Waals surface area contributed by atoms with Crippen molar-refractivity contribution in [2.24, 2.45) is 5.73 Å². The summed E-state index contributed by atoms with van der Waals surface area (Å²) in [4.78, 5) is 0. The summed E-state index contributed by atoms with van der Waals surface area (Å²) in [6.07, 6.45) is -6.85. The van der Waals surface area contributed by atoms with Crippen LogP contribution in [0.15, 0.2) is 18.2 Å². The average Bonchev–Trinajstić information content (AvgIpc) is 2.20. The van der Waals surface area contributed by atoms with Crippen molar-refractivity contribution in [3.05, 3.63) is 28.8 Å². The number of aliphatic hydroxyl groups is 1. The maximum atomic E-state index is 12.2. The monoisotopic (exact) mass is 269 g/mol. The minimum absolute atomic E-state index is 0.0720. The molecule has 0 spiro atoms. The molecule has 0 saturated carbocycles. The van der Waals surface area contributed by atoms with Gasteiger partial charge in [-0.15, -0.1) is 0 Å². The van der Waals surface area contributed by atoms with Gasteiger partial charge in [-0.1, -0.05) is 11.6 Å². The highest BCUT2D eigenvalue weighted by molar-refractivity contribution is 6.30. The fraction of sp³-hybridized carbons (Fsp3) is 0.400. The van der Waals surface area contributed by atoms with Crippen molar-refractivity contribution >= 4 is 11.6 Å². The maximum absolute atomic E-state index is 12.2. The molecule has 17 heavy (non-hydrogen) atoms. The predicted octanol–water partition coefficient (Wildman–Crippen LogP) is 2.36. The van der Waals surface area contributed by atoms with Gasteiger partial charge in [-0.3, -0.25) is 0 Å². The number of hydrogen-bond acceptors (Lipinski definition) is 3. The Hall–Kier alpha value is -0.980. The van der Waals surface area contributed by atoms with Gasteiger partial charge in [0.05, 0.1) is 6.10 Å². The zero-order valence-electron chi connectivity index (χ0n) is 8.58. The number of aliphatic hydroxyl groups excluding tert-OH is 1. The second kappa shape index (κ2) is 5.12. The number of nitrogens with two attached hydrogens (primary N) is 1. The SMILES string of the molecule is N[C@@H](C[C@H](O)c1cc(Cl)ccc1O)C(F)(F)F. The van der Waals surface area contributed by atoms with Gasteiger partial charge in [0.1, 0.15) is 11.8 Å². The van der Waals surface area contributed by atoms with Crippen LogP contribution in [0, 0.1) is 0 Å². The Kier molecular flexibility index (Phi) is 4.24. The van der Waals surface area contributed by atoms with Gasteiger partial charge in [0.15, 0.2) is 0 Å². The van der Waals surface area contributed by atoms with Crippen molar-refractivity contribution in [1.29, 1.82) is 0 Å². The molecule has 1 aromatic carbocycles. The Morgan fingerprint density at radius 1 is 1.35 bits per heavy atom. The molecule has 1 aromatic rings. The molecule has 0 unspecified atom stereocenters. The standard InChI is InChI=1S/C10H11ClF3NO2/c11-5-1-2-7(16)6(3-5)8(17)4-9(15)10(12,13)14/h1-3,8-9,16-17H,4,15H2/t8-,9-/m0/s1. The van der Waals surface area contributed by atoms with Crippen molar-refractivity contribution in [2.45, 2.75) is 24.7 Å². The van der Waals surface area contributed by atoms with Crippen LogP contribution in [0.1, 0.15) is 18.1 Å². The van der Waals surface area contributed by atoms with E-state index in [-0.39, 0.29) is 16.3 Å². The number of hydrogen-bond donors (Lipinski definition) is 3. The summed E-state index contributed by atoms with van der Waals surface area (Å²) in [5.74, 6) is -0.323. The summed E-state index contributed by atoms with van der Waals surface area (Å²) in [6, 6.07) is 1.59. The first-order valence-corrected chi connectivity index (χ1v) is 5.08. The lowest BCUT2D eigenvalue weighted by Crippen LogP contribution is -2.38. The minimum atomic E-state index is -4.59. The topological polar surface area (TPSA) is 66.5 Å². The lowest BCUT2D eigenvalue weighted by molar-refractivity contribution is -0.153. The summed E-state index contributed by atoms with van der Waals surface area (Å²) in [6.45, 7) is 0. The molecule has 0 aliphatic heterocycles. The van der Waals surface area contributed by atoms with Crippen LogP contribution in [0.25, 0.3) is 0 Å². The molecule has 0 heterocycles. The van der Waals surface area contributed by atoms with E-state index < -0.39 is 24.7 Å². The van der Waals surface area contributed by atoms with Gasteiger partial charge < -0.3 is 15.9 Å². The fourth-order valence-corrected chi connectivity index (χ4v) is 1.47. The largest absolute Gasteiger partial charge is 0.508 e. The van der Waals surface area contributed by atoms with Gasteiger partial charge in [-0.25, -0.2) is 0 Å². The molecule has 3 nitrogen and oxygen atoms in total. The highest BCUT2D eigenvalue weighted by Gasteiger charge is 2.38. The summed E-state index contributed by atoms with van der Waals surface area (Å²) < 4.78 is 36.5. The lowest BCUT2D eigenvalue weighted by atomic mass is 10.0. The van der Waals surface area contributed by atoms with Gasteiger partial charge in [0.25, 0.3) is 0 Å². The third-order valence-electron chi connectivity index (χ3n) is 2.25. The van der Waals surface area contributed by atoms with E-state index >= 15 is 0 Å². The van der Waals surface area contributed by atoms with Gasteiger partial charge in [-0.05, 0) is 18.2 Å². The molecule has 4 N–H and O–H groups in total. The number of phenols is 1. The van der Waals surface area contributed by atoms with Gasteiger partial charge >= 0.3 is 6.18 Å². The molecule has 7 heteroatoms. The molecule has 0 aliphatic rings. The van der Waals surface area contributed by atoms with E-state index in [1.54, 1.807) is 0 Å². The number of rotatable bonds is 3. The van der Waals surface area contributed by atoms with E-state index in [9.17, 15) is 23.4 Å². The molecule has 0 saturated heterocycles. The summed E-state index contributed by atoms with van der Waals surface area (Å²) in [5, 5.41) is 19.1. The number of halogens is 4. The van der Waals surface area contributed by atoms with Gasteiger partial charge in [0, 0.05) is 17.0 Å². The van der Waals surface area contributed by atoms with E-state index in [2.05, 4.69) is 0 Å². The van der Waals surface area contributed by atoms with E-state index in [1.807, 2.05) is 0 Å². The van der Waals surface area contributed by atoms with E-state index in [1.165, 1.54) is 18.2 Å². The molecule has 0 bridgehead atoms. The number of phenolic OH excluding ortho intramolecular Hbond substituents is 1. The van der Waals surface area contributed by atoms with Crippen LogP contribution in [-0.4, -0.2) is 22.4 Å². The molecule has 0 radical (unpaired) electrons. The third kappa shape index (κ3) is 3.76. The Bertz CT molecular complexity index is 398. The van der Waals surface area contributed by atoms with Crippen LogP contribution in [-0.2, 0) is 0 Å². The highest BCUT2D eigenvalue weighted by atomic mass is 35.5. The number of alkyl halides is 3. The average molecular weight is 270 g/mol. The maximum Gasteiger partial charge on any atom is 0.403 e. The molecular formula is C10H11ClF3NO2. The molecule has 1 rings (SSSR count). The minimum Gasteiger partial charge on any atom is -0.508 e. The first-order chi connectivity index (χ1) is 7.71. The molecule has 96 valence electrons. The van der Waals surface area contributed by atoms with Crippen molar-refractivity contribution in [3.8, 4) is 5.75 Å². The Morgan fingerprint density at radius 3 is 2.47 bits per heavy atom. The lowest BCUT2D eigenvalue weighted by Gasteiger charge is -2.19. The molecule has 0 aliphatic carbocycles. The van der Waals surface area contributed by atoms with Crippen LogP contribution in [0.4, 0.5) is 13.2 Å². The van der Waals surface area contributed by atoms with E-state index in [4.69, 9.17) is 17.3 Å². The second-order valence-corrected chi connectivity index (χ2v) is 4.04. The second-order valence-electron chi connectivity index (χ2n) is 3.60. The third-order valence-corrected chi connectivity index (χ3v) is 2.48. The normalized spacial score (nSPS) is 15.6. The predicted molar refractivity (Wildman–Crippen MR) is 56.7 cm³/mol. The van der Waals surface area contributed by atoms with Crippen LogP contribution in [0.5, 0.6) is 5.75 Å². The van der Waals surface area contributed by atoms with Crippen LogP contribution in [0.2, 0.25) is 5.02 Å². The first-order valence-electron chi connectivity index (χ1n) is 4.70. The van der Waals surface area contributed by atoms with E-state index in [0.29, 0.717) is 0 Å². The number of benzene rings is 1. The van der Waals surface area contributed by atoms with E-state index in [0.717, 1.165) is 0 Å². The van der Waals surface area contributed by atoms with Gasteiger partial charge in [0.2, 0.25) is 0 Å². The Labute approximate surface area is 101 Å². The smallest absolute Gasteiger partial charge is 0.403 e. The van der Waals surface area contributed by atoms with Crippen LogP contribution < -0.4 is 5.73 Å².